The molecule has 2 aromatic carbocycles. The van der Waals surface area contributed by atoms with Crippen molar-refractivity contribution in [3.05, 3.63) is 78.1 Å². The van der Waals surface area contributed by atoms with Gasteiger partial charge in [0.15, 0.2) is 0 Å². The van der Waals surface area contributed by atoms with Gasteiger partial charge in [-0.1, -0.05) is 12.1 Å². The molecule has 1 saturated heterocycles. The van der Waals surface area contributed by atoms with Gasteiger partial charge in [-0.3, -0.25) is 9.78 Å². The number of carbonyl (C=O) groups is 1. The summed E-state index contributed by atoms with van der Waals surface area (Å²) in [5.41, 5.74) is 0.317. The number of nitrogens with zero attached hydrogens (tertiary/aromatic N) is 3. The van der Waals surface area contributed by atoms with Crippen molar-refractivity contribution in [3.8, 4) is 16.9 Å². The molecule has 41 heavy (non-hydrogen) atoms. The maximum absolute atomic E-state index is 14.6. The Bertz CT molecular complexity index is 1510. The smallest absolute Gasteiger partial charge is 0.272 e. The molecule has 0 aliphatic carbocycles. The van der Waals surface area contributed by atoms with Gasteiger partial charge in [0, 0.05) is 56.0 Å². The number of aliphatic hydroxyl groups excluding tert-OH is 1. The number of rotatable bonds is 2. The monoisotopic (exact) mass is 586 g/mol. The Kier molecular flexibility index (Phi) is 8.37. The molecule has 3 aromatic rings. The molecule has 1 fully saturated rings. The zero-order valence-corrected chi connectivity index (χ0v) is 23.4. The minimum atomic E-state index is -4.10. The van der Waals surface area contributed by atoms with Crippen LogP contribution in [0.15, 0.2) is 65.7 Å². The molecule has 2 N–H and O–H groups in total. The quantitative estimate of drug-likeness (QED) is 0.475. The number of piperidine rings is 1. The van der Waals surface area contributed by atoms with Gasteiger partial charge in [0.2, 0.25) is 10.0 Å². The van der Waals surface area contributed by atoms with E-state index in [1.807, 2.05) is 11.9 Å². The largest absolute Gasteiger partial charge is 0.492 e. The molecule has 0 saturated carbocycles. The second-order valence-corrected chi connectivity index (χ2v) is 12.5. The predicted molar refractivity (Wildman–Crippen MR) is 148 cm³/mol. The maximum Gasteiger partial charge on any atom is 0.272 e. The molecule has 2 aliphatic rings. The van der Waals surface area contributed by atoms with Gasteiger partial charge in [0.05, 0.1) is 12.7 Å². The van der Waals surface area contributed by atoms with Crippen LogP contribution in [0.2, 0.25) is 0 Å². The van der Waals surface area contributed by atoms with E-state index >= 15 is 0 Å². The predicted octanol–water partition coefficient (Wildman–Crippen LogP) is 2.91. The Balaban J connectivity index is 1.46. The number of nitrogens with one attached hydrogen (secondary N) is 1. The molecule has 0 radical (unpaired) electrons. The number of amides is 1. The third-order valence-corrected chi connectivity index (χ3v) is 9.10. The van der Waals surface area contributed by atoms with E-state index in [9.17, 15) is 27.1 Å². The summed E-state index contributed by atoms with van der Waals surface area (Å²) in [6, 6.07) is 12.6. The van der Waals surface area contributed by atoms with Crippen molar-refractivity contribution >= 4 is 15.9 Å². The molecular formula is C29H32F2N4O5S. The molecule has 1 spiro atoms. The number of sulfonamides is 1. The summed E-state index contributed by atoms with van der Waals surface area (Å²) in [6.45, 7) is 1.57. The summed E-state index contributed by atoms with van der Waals surface area (Å²) in [5.74, 6) is -1.65. The fraction of sp³-hybridized carbons (Fsp3) is 0.379. The van der Waals surface area contributed by atoms with E-state index in [0.29, 0.717) is 43.7 Å². The van der Waals surface area contributed by atoms with Crippen LogP contribution in [0.1, 0.15) is 23.3 Å². The summed E-state index contributed by atoms with van der Waals surface area (Å²) in [7, 11) is -2.25. The molecule has 0 bridgehead atoms. The van der Waals surface area contributed by atoms with E-state index in [2.05, 4.69) is 9.71 Å². The average Bonchev–Trinajstić information content (AvgIpc) is 2.95. The van der Waals surface area contributed by atoms with Gasteiger partial charge in [-0.25, -0.2) is 21.9 Å². The van der Waals surface area contributed by atoms with Crippen LogP contribution in [0.5, 0.6) is 5.75 Å². The minimum Gasteiger partial charge on any atom is -0.492 e. The molecule has 218 valence electrons. The van der Waals surface area contributed by atoms with Crippen LogP contribution in [0.4, 0.5) is 8.78 Å². The first kappa shape index (κ1) is 29.1. The Morgan fingerprint density at radius 1 is 1.12 bits per heavy atom. The summed E-state index contributed by atoms with van der Waals surface area (Å²) < 4.78 is 63.3. The van der Waals surface area contributed by atoms with Gasteiger partial charge in [-0.15, -0.1) is 0 Å². The zero-order valence-electron chi connectivity index (χ0n) is 22.6. The number of ether oxygens (including phenoxy) is 1. The van der Waals surface area contributed by atoms with Crippen LogP contribution in [0, 0.1) is 17.0 Å². The van der Waals surface area contributed by atoms with Gasteiger partial charge in [0.1, 0.15) is 28.0 Å². The van der Waals surface area contributed by atoms with E-state index in [-0.39, 0.29) is 41.8 Å². The average molecular weight is 587 g/mol. The van der Waals surface area contributed by atoms with E-state index < -0.39 is 33.2 Å². The second kappa shape index (κ2) is 11.8. The van der Waals surface area contributed by atoms with Crippen molar-refractivity contribution in [3.63, 3.8) is 0 Å². The van der Waals surface area contributed by atoms with E-state index in [4.69, 9.17) is 4.74 Å². The van der Waals surface area contributed by atoms with Gasteiger partial charge in [0.25, 0.3) is 5.91 Å². The molecule has 2 aliphatic heterocycles. The van der Waals surface area contributed by atoms with Crippen LogP contribution in [-0.4, -0.2) is 86.7 Å². The highest BCUT2D eigenvalue weighted by atomic mass is 32.2. The molecule has 12 heteroatoms. The van der Waals surface area contributed by atoms with Gasteiger partial charge < -0.3 is 19.6 Å². The van der Waals surface area contributed by atoms with Crippen LogP contribution in [-0.2, 0) is 10.0 Å². The first-order chi connectivity index (χ1) is 19.6. The van der Waals surface area contributed by atoms with Gasteiger partial charge in [-0.05, 0) is 61.9 Å². The fourth-order valence-electron chi connectivity index (χ4n) is 5.49. The number of hydrogen-bond acceptors (Lipinski definition) is 7. The highest BCUT2D eigenvalue weighted by Gasteiger charge is 2.39. The summed E-state index contributed by atoms with van der Waals surface area (Å²) in [4.78, 5) is 20.7. The molecule has 1 amide bonds. The Hall–Kier alpha value is -3.45. The molecule has 1 aromatic heterocycles. The number of aliphatic hydroxyl groups is 1. The number of hydrogen-bond donors (Lipinski definition) is 2. The third-order valence-electron chi connectivity index (χ3n) is 7.64. The maximum atomic E-state index is 14.6. The van der Waals surface area contributed by atoms with Crippen LogP contribution < -0.4 is 9.46 Å². The lowest BCUT2D eigenvalue weighted by atomic mass is 9.78. The van der Waals surface area contributed by atoms with E-state index in [1.54, 1.807) is 29.3 Å². The number of β-amino-alcohol motifs (C(OH)–C–C–N with tert-alkyl or cyclic N) is 1. The van der Waals surface area contributed by atoms with Crippen LogP contribution in [0.25, 0.3) is 11.1 Å². The number of likely N-dealkylation sites (N-methyl/N-ethyl adjacent to an activating group) is 1. The molecule has 9 nitrogen and oxygen atoms in total. The van der Waals surface area contributed by atoms with Crippen LogP contribution >= 0.6 is 0 Å². The topological polar surface area (TPSA) is 112 Å². The summed E-state index contributed by atoms with van der Waals surface area (Å²) in [5, 5.41) is 10.6. The number of pyridine rings is 1. The number of halogens is 2. The number of benzene rings is 2. The lowest BCUT2D eigenvalue weighted by Crippen LogP contribution is -2.51. The first-order valence-corrected chi connectivity index (χ1v) is 14.8. The lowest BCUT2D eigenvalue weighted by molar-refractivity contribution is 0.0157. The van der Waals surface area contributed by atoms with Gasteiger partial charge >= 0.3 is 0 Å². The van der Waals surface area contributed by atoms with Crippen molar-refractivity contribution in [2.75, 3.05) is 46.4 Å². The molecule has 1 atom stereocenters. The Morgan fingerprint density at radius 3 is 2.61 bits per heavy atom. The van der Waals surface area contributed by atoms with Crippen molar-refractivity contribution in [1.29, 1.82) is 0 Å². The Labute approximate surface area is 237 Å². The van der Waals surface area contributed by atoms with Gasteiger partial charge in [-0.2, -0.15) is 0 Å². The van der Waals surface area contributed by atoms with Crippen LogP contribution in [0.3, 0.4) is 0 Å². The number of fused-ring (bicyclic) bond motifs is 1. The van der Waals surface area contributed by atoms with Crippen molar-refractivity contribution in [2.24, 2.45) is 5.41 Å². The van der Waals surface area contributed by atoms with Crippen molar-refractivity contribution in [2.45, 2.75) is 23.8 Å². The van der Waals surface area contributed by atoms with E-state index in [0.717, 1.165) is 12.1 Å². The normalized spacial score (nSPS) is 21.3. The fourth-order valence-corrected chi connectivity index (χ4v) is 6.69. The molecule has 5 rings (SSSR count). The molecule has 3 heterocycles. The third kappa shape index (κ3) is 6.56. The van der Waals surface area contributed by atoms with E-state index in [1.165, 1.54) is 24.3 Å². The number of carbonyl (C=O) groups excluding carboxylic acids is 1. The highest BCUT2D eigenvalue weighted by Crippen LogP contribution is 2.37. The van der Waals surface area contributed by atoms with Crippen molar-refractivity contribution < 1.29 is 31.8 Å². The molecule has 1 unspecified atom stereocenters. The van der Waals surface area contributed by atoms with Crippen molar-refractivity contribution in [1.82, 2.24) is 19.5 Å². The standard InChI is InChI=1S/C29H32F2N4O5S/c1-34-17-22(36)16-33-41(38,39)27-8-5-20(23-7-6-21(30)15-24(23)31)14-26(27)40-19-29(18-34)9-12-35(13-10-29)28(37)25-4-2-3-11-32-25/h2-8,11,14-15,22,33,36H,9-10,12-13,16-19H2,1H3. The summed E-state index contributed by atoms with van der Waals surface area (Å²) >= 11 is 0. The zero-order chi connectivity index (χ0) is 29.2. The second-order valence-electron chi connectivity index (χ2n) is 10.8. The number of likely N-dealkylation sites (tertiary alicyclic amines) is 1. The highest BCUT2D eigenvalue weighted by molar-refractivity contribution is 7.89. The lowest BCUT2D eigenvalue weighted by Gasteiger charge is -2.44. The molecular weight excluding hydrogens is 554 g/mol. The summed E-state index contributed by atoms with van der Waals surface area (Å²) in [6.07, 6.45) is 1.75. The Morgan fingerprint density at radius 2 is 1.90 bits per heavy atom. The SMILES string of the molecule is CN1CC(O)CNS(=O)(=O)c2ccc(-c3ccc(F)cc3F)cc2OCC2(CCN(C(=O)c3ccccn3)CC2)C1. The first-order valence-electron chi connectivity index (χ1n) is 13.3. The minimum absolute atomic E-state index is 0.0165. The number of aromatic nitrogens is 1.